The number of halogens is 2. The Hall–Kier alpha value is -3.43. The number of carbonyl (C=O) groups excluding carboxylic acids is 2. The third kappa shape index (κ3) is 5.90. The van der Waals surface area contributed by atoms with Crippen molar-refractivity contribution in [1.29, 1.82) is 0 Å². The first kappa shape index (κ1) is 31.5. The number of para-hydroxylation sites is 1. The fraction of sp³-hybridized carbons (Fsp3) is 0.344. The van der Waals surface area contributed by atoms with E-state index in [1.165, 1.54) is 7.11 Å². The van der Waals surface area contributed by atoms with Gasteiger partial charge in [-0.2, -0.15) is 5.06 Å². The first-order chi connectivity index (χ1) is 20.0. The molecule has 2 atom stereocenters. The normalized spacial score (nSPS) is 17.6. The lowest BCUT2D eigenvalue weighted by Crippen LogP contribution is -2.74. The maximum absolute atomic E-state index is 13.7. The van der Waals surface area contributed by atoms with Crippen LogP contribution in [-0.4, -0.2) is 36.0 Å². The van der Waals surface area contributed by atoms with Crippen LogP contribution in [0.5, 0.6) is 0 Å². The van der Waals surface area contributed by atoms with Crippen LogP contribution in [0.2, 0.25) is 10.0 Å². The highest BCUT2D eigenvalue weighted by molar-refractivity contribution is 6.30. The Kier molecular flexibility index (Phi) is 9.63. The van der Waals surface area contributed by atoms with E-state index in [9.17, 15) is 9.59 Å². The zero-order chi connectivity index (χ0) is 30.7. The van der Waals surface area contributed by atoms with Crippen molar-refractivity contribution in [3.8, 4) is 0 Å². The van der Waals surface area contributed by atoms with Gasteiger partial charge in [0.05, 0.1) is 19.4 Å². The van der Waals surface area contributed by atoms with Crippen molar-refractivity contribution >= 4 is 47.0 Å². The van der Waals surface area contributed by atoms with Crippen LogP contribution in [0.15, 0.2) is 77.8 Å². The van der Waals surface area contributed by atoms with Gasteiger partial charge in [0, 0.05) is 33.6 Å². The molecule has 1 heterocycles. The van der Waals surface area contributed by atoms with E-state index in [-0.39, 0.29) is 18.2 Å². The molecule has 222 valence electrons. The third-order valence-corrected chi connectivity index (χ3v) is 8.06. The number of rotatable bonds is 11. The van der Waals surface area contributed by atoms with E-state index in [1.807, 2.05) is 100 Å². The smallest absolute Gasteiger partial charge is 0.261 e. The van der Waals surface area contributed by atoms with Gasteiger partial charge in [-0.15, -0.1) is 0 Å². The van der Waals surface area contributed by atoms with Crippen molar-refractivity contribution in [2.45, 2.75) is 51.4 Å². The second kappa shape index (κ2) is 12.8. The van der Waals surface area contributed by atoms with E-state index in [1.54, 1.807) is 6.34 Å². The van der Waals surface area contributed by atoms with Crippen LogP contribution in [0.3, 0.4) is 0 Å². The fourth-order valence-corrected chi connectivity index (χ4v) is 5.89. The summed E-state index contributed by atoms with van der Waals surface area (Å²) in [5, 5.41) is 9.03. The van der Waals surface area contributed by atoms with E-state index in [0.717, 1.165) is 27.4 Å². The molecule has 0 radical (unpaired) electrons. The summed E-state index contributed by atoms with van der Waals surface area (Å²) in [4.78, 5) is 38.2. The molecule has 2 unspecified atom stereocenters. The Morgan fingerprint density at radius 3 is 2.00 bits per heavy atom. The van der Waals surface area contributed by atoms with Crippen molar-refractivity contribution in [2.75, 3.05) is 12.4 Å². The molecule has 10 heteroatoms. The van der Waals surface area contributed by atoms with E-state index >= 15 is 0 Å². The SMILES string of the molecule is CON(C(=O)CC(C)C)C(NC1(C(c2ccc(Cl)cc2)c2ccc(Cl)cc2)N=CNc2ccccc21)(C(N)=O)C(C)C. The number of carbonyl (C=O) groups is 2. The fourth-order valence-electron chi connectivity index (χ4n) is 5.64. The van der Waals surface area contributed by atoms with Crippen molar-refractivity contribution < 1.29 is 14.4 Å². The van der Waals surface area contributed by atoms with Crippen LogP contribution in [0, 0.1) is 11.8 Å². The van der Waals surface area contributed by atoms with E-state index in [2.05, 4.69) is 10.6 Å². The van der Waals surface area contributed by atoms with Gasteiger partial charge >= 0.3 is 0 Å². The predicted octanol–water partition coefficient (Wildman–Crippen LogP) is 6.30. The van der Waals surface area contributed by atoms with Crippen LogP contribution in [-0.2, 0) is 20.1 Å². The highest BCUT2D eigenvalue weighted by atomic mass is 35.5. The number of hydrogen-bond acceptors (Lipinski definition) is 6. The molecule has 1 aliphatic rings. The summed E-state index contributed by atoms with van der Waals surface area (Å²) in [6, 6.07) is 22.6. The maximum Gasteiger partial charge on any atom is 0.261 e. The van der Waals surface area contributed by atoms with Gasteiger partial charge < -0.3 is 11.1 Å². The van der Waals surface area contributed by atoms with Crippen molar-refractivity contribution in [3.05, 3.63) is 99.5 Å². The van der Waals surface area contributed by atoms with Crippen LogP contribution in [0.4, 0.5) is 5.69 Å². The van der Waals surface area contributed by atoms with Crippen LogP contribution in [0.1, 0.15) is 56.7 Å². The number of fused-ring (bicyclic) bond motifs is 1. The average Bonchev–Trinajstić information content (AvgIpc) is 2.94. The van der Waals surface area contributed by atoms with Gasteiger partial charge in [0.25, 0.3) is 5.91 Å². The van der Waals surface area contributed by atoms with Crippen LogP contribution < -0.4 is 16.4 Å². The van der Waals surface area contributed by atoms with E-state index in [0.29, 0.717) is 10.0 Å². The van der Waals surface area contributed by atoms with Crippen LogP contribution in [0.25, 0.3) is 0 Å². The zero-order valence-electron chi connectivity index (χ0n) is 24.4. The number of benzene rings is 3. The number of nitrogens with zero attached hydrogens (tertiary/aromatic N) is 2. The Labute approximate surface area is 257 Å². The van der Waals surface area contributed by atoms with E-state index < -0.39 is 29.1 Å². The van der Waals surface area contributed by atoms with E-state index in [4.69, 9.17) is 38.8 Å². The molecule has 0 aromatic heterocycles. The molecule has 2 amide bonds. The van der Waals surface area contributed by atoms with Gasteiger partial charge in [-0.05, 0) is 47.4 Å². The predicted molar refractivity (Wildman–Crippen MR) is 168 cm³/mol. The number of amides is 2. The summed E-state index contributed by atoms with van der Waals surface area (Å²) in [5.41, 5.74) is 6.26. The summed E-state index contributed by atoms with van der Waals surface area (Å²) in [7, 11) is 1.36. The molecular weight excluding hydrogens is 573 g/mol. The Morgan fingerprint density at radius 1 is 0.976 bits per heavy atom. The minimum atomic E-state index is -1.82. The van der Waals surface area contributed by atoms with Gasteiger partial charge in [-0.3, -0.25) is 19.7 Å². The average molecular weight is 611 g/mol. The highest BCUT2D eigenvalue weighted by Crippen LogP contribution is 2.49. The van der Waals surface area contributed by atoms with Gasteiger partial charge in [-0.25, -0.2) is 4.99 Å². The third-order valence-electron chi connectivity index (χ3n) is 7.56. The maximum atomic E-state index is 13.7. The molecule has 0 bridgehead atoms. The van der Waals surface area contributed by atoms with Gasteiger partial charge in [-0.1, -0.05) is 93.4 Å². The molecule has 4 rings (SSSR count). The monoisotopic (exact) mass is 609 g/mol. The van der Waals surface area contributed by atoms with Gasteiger partial charge in [0.2, 0.25) is 11.6 Å². The molecule has 3 aromatic rings. The molecule has 0 fully saturated rings. The topological polar surface area (TPSA) is 109 Å². The quantitative estimate of drug-likeness (QED) is 0.175. The van der Waals surface area contributed by atoms with Gasteiger partial charge in [0.15, 0.2) is 5.66 Å². The standard InChI is InChI=1S/C32H37Cl2N5O3/c1-20(2)18-28(40)39(42-5)32(21(3)4,30(35)41)38-31(26-8-6-7-9-27(26)36-19-37-31)29(22-10-14-24(33)15-11-22)23-12-16-25(34)17-13-23/h6-17,19-21,29,38H,18H2,1-5H3,(H2,35,41)(H,36,37). The van der Waals surface area contributed by atoms with Crippen molar-refractivity contribution in [2.24, 2.45) is 22.6 Å². The lowest BCUT2D eigenvalue weighted by molar-refractivity contribution is -0.229. The molecule has 3 aromatic carbocycles. The number of nitrogens with one attached hydrogen (secondary N) is 2. The molecule has 4 N–H and O–H groups in total. The second-order valence-electron chi connectivity index (χ2n) is 11.1. The molecule has 0 saturated heterocycles. The molecule has 8 nitrogen and oxygen atoms in total. The minimum absolute atomic E-state index is 0.00959. The zero-order valence-corrected chi connectivity index (χ0v) is 25.9. The summed E-state index contributed by atoms with van der Waals surface area (Å²) in [5.74, 6) is -2.26. The molecule has 1 aliphatic heterocycles. The second-order valence-corrected chi connectivity index (χ2v) is 12.0. The Balaban J connectivity index is 2.08. The Morgan fingerprint density at radius 2 is 1.52 bits per heavy atom. The molecular formula is C32H37Cl2N5O3. The lowest BCUT2D eigenvalue weighted by atomic mass is 9.74. The molecule has 0 aliphatic carbocycles. The summed E-state index contributed by atoms with van der Waals surface area (Å²) in [6.07, 6.45) is 1.73. The molecule has 42 heavy (non-hydrogen) atoms. The van der Waals surface area contributed by atoms with Crippen molar-refractivity contribution in [1.82, 2.24) is 10.4 Å². The number of primary amides is 1. The number of aliphatic imine (C=N–C) groups is 1. The summed E-state index contributed by atoms with van der Waals surface area (Å²) >= 11 is 12.6. The minimum Gasteiger partial charge on any atom is -0.366 e. The highest BCUT2D eigenvalue weighted by Gasteiger charge is 2.57. The first-order valence-corrected chi connectivity index (χ1v) is 14.6. The number of hydrogen-bond donors (Lipinski definition) is 3. The van der Waals surface area contributed by atoms with Crippen molar-refractivity contribution in [3.63, 3.8) is 0 Å². The largest absolute Gasteiger partial charge is 0.366 e. The number of nitrogens with two attached hydrogens (primary N) is 1. The summed E-state index contributed by atoms with van der Waals surface area (Å²) < 4.78 is 0. The Bertz CT molecular complexity index is 1400. The van der Waals surface area contributed by atoms with Gasteiger partial charge in [0.1, 0.15) is 0 Å². The lowest BCUT2D eigenvalue weighted by Gasteiger charge is -2.51. The molecule has 0 saturated carbocycles. The number of hydroxylamine groups is 2. The number of anilines is 1. The molecule has 0 spiro atoms. The van der Waals surface area contributed by atoms with Crippen LogP contribution >= 0.6 is 23.2 Å². The first-order valence-electron chi connectivity index (χ1n) is 13.8. The summed E-state index contributed by atoms with van der Waals surface area (Å²) in [6.45, 7) is 7.48.